The molecule has 0 fully saturated rings. The molecule has 1 unspecified atom stereocenters. The summed E-state index contributed by atoms with van der Waals surface area (Å²) < 4.78 is 13.3. The summed E-state index contributed by atoms with van der Waals surface area (Å²) in [4.78, 5) is 12.0. The first-order valence-electron chi connectivity index (χ1n) is 5.06. The first-order chi connectivity index (χ1) is 8.65. The fourth-order valence-electron chi connectivity index (χ4n) is 1.65. The largest absolute Gasteiger partial charge is 0.292 e. The summed E-state index contributed by atoms with van der Waals surface area (Å²) in [6, 6.07) is 5.59. The molecular weight excluding hydrogens is 257 g/mol. The van der Waals surface area contributed by atoms with E-state index >= 15 is 0 Å². The molecule has 6 heteroatoms. The third kappa shape index (κ3) is 2.29. The van der Waals surface area contributed by atoms with Crippen LogP contribution < -0.4 is 0 Å². The van der Waals surface area contributed by atoms with Gasteiger partial charge in [0.2, 0.25) is 0 Å². The average Bonchev–Trinajstić information content (AvgIpc) is 2.38. The van der Waals surface area contributed by atoms with Crippen LogP contribution in [-0.4, -0.2) is 23.6 Å². The molecule has 0 saturated heterocycles. The summed E-state index contributed by atoms with van der Waals surface area (Å²) in [5.41, 5.74) is 0.658. The molecule has 0 bridgehead atoms. The molecule has 1 atom stereocenters. The predicted octanol–water partition coefficient (Wildman–Crippen LogP) is 2.03. The third-order valence-corrected chi connectivity index (χ3v) is 2.75. The van der Waals surface area contributed by atoms with Crippen molar-refractivity contribution in [3.8, 4) is 6.07 Å². The molecule has 1 aliphatic heterocycles. The van der Waals surface area contributed by atoms with Crippen LogP contribution in [0.15, 0.2) is 28.4 Å². The van der Waals surface area contributed by atoms with Gasteiger partial charge in [-0.2, -0.15) is 15.5 Å². The topological polar surface area (TPSA) is 65.6 Å². The molecule has 4 nitrogen and oxygen atoms in total. The van der Waals surface area contributed by atoms with Crippen molar-refractivity contribution in [2.24, 2.45) is 10.2 Å². The third-order valence-electron chi connectivity index (χ3n) is 2.50. The number of carbonyl (C=O) groups is 1. The van der Waals surface area contributed by atoms with E-state index in [4.69, 9.17) is 16.9 Å². The molecule has 0 N–H and O–H groups in total. The Morgan fingerprint density at radius 1 is 1.44 bits per heavy atom. The van der Waals surface area contributed by atoms with Crippen molar-refractivity contribution in [2.45, 2.75) is 5.92 Å². The first-order valence-corrected chi connectivity index (χ1v) is 5.60. The summed E-state index contributed by atoms with van der Waals surface area (Å²) in [5.74, 6) is -1.68. The van der Waals surface area contributed by atoms with Crippen LogP contribution in [0.4, 0.5) is 4.39 Å². The number of nitriles is 1. The number of benzene rings is 1. The number of alkyl halides is 1. The number of halogens is 2. The second-order valence-corrected chi connectivity index (χ2v) is 3.94. The van der Waals surface area contributed by atoms with Crippen LogP contribution >= 0.6 is 11.6 Å². The van der Waals surface area contributed by atoms with E-state index < -0.39 is 11.7 Å². The highest BCUT2D eigenvalue weighted by Gasteiger charge is 2.26. The molecule has 1 aromatic rings. The first kappa shape index (κ1) is 12.4. The van der Waals surface area contributed by atoms with Crippen molar-refractivity contribution in [3.05, 3.63) is 35.1 Å². The molecule has 18 heavy (non-hydrogen) atoms. The van der Waals surface area contributed by atoms with Crippen molar-refractivity contribution >= 4 is 29.3 Å². The number of Topliss-reactive ketones (excluding diaryl/α,β-unsaturated/α-hetero) is 1. The minimum Gasteiger partial charge on any atom is -0.292 e. The van der Waals surface area contributed by atoms with E-state index in [9.17, 15) is 9.18 Å². The minimum absolute atomic E-state index is 0.0485. The number of rotatable bonds is 2. The maximum absolute atomic E-state index is 13.3. The molecule has 0 aliphatic carbocycles. The summed E-state index contributed by atoms with van der Waals surface area (Å²) in [6.07, 6.45) is 1.31. The van der Waals surface area contributed by atoms with Crippen LogP contribution in [0.1, 0.15) is 17.0 Å². The van der Waals surface area contributed by atoms with Crippen molar-refractivity contribution < 1.29 is 9.18 Å². The van der Waals surface area contributed by atoms with Gasteiger partial charge in [-0.1, -0.05) is 0 Å². The fourth-order valence-corrected chi connectivity index (χ4v) is 1.84. The van der Waals surface area contributed by atoms with Gasteiger partial charge >= 0.3 is 0 Å². The van der Waals surface area contributed by atoms with Crippen LogP contribution in [0.25, 0.3) is 0 Å². The van der Waals surface area contributed by atoms with Crippen molar-refractivity contribution in [1.82, 2.24) is 0 Å². The number of carbonyl (C=O) groups excluding carboxylic acids is 1. The number of hydrogen-bond acceptors (Lipinski definition) is 4. The Morgan fingerprint density at radius 3 is 2.89 bits per heavy atom. The van der Waals surface area contributed by atoms with Crippen LogP contribution in [0, 0.1) is 17.1 Å². The Labute approximate surface area is 107 Å². The predicted molar refractivity (Wildman–Crippen MR) is 65.5 cm³/mol. The molecule has 1 aromatic carbocycles. The van der Waals surface area contributed by atoms with Gasteiger partial charge in [-0.25, -0.2) is 4.39 Å². The van der Waals surface area contributed by atoms with Crippen LogP contribution in [0.2, 0.25) is 0 Å². The highest BCUT2D eigenvalue weighted by atomic mass is 35.5. The quantitative estimate of drug-likeness (QED) is 0.766. The lowest BCUT2D eigenvalue weighted by atomic mass is 9.92. The Balaban J connectivity index is 2.42. The van der Waals surface area contributed by atoms with Gasteiger partial charge in [0.25, 0.3) is 0 Å². The molecule has 0 radical (unpaired) electrons. The molecule has 0 spiro atoms. The van der Waals surface area contributed by atoms with Crippen molar-refractivity contribution in [1.29, 1.82) is 5.26 Å². The summed E-state index contributed by atoms with van der Waals surface area (Å²) in [7, 11) is 0. The van der Waals surface area contributed by atoms with E-state index in [1.807, 2.05) is 6.07 Å². The highest BCUT2D eigenvalue weighted by molar-refractivity contribution is 6.52. The second-order valence-electron chi connectivity index (χ2n) is 3.67. The molecule has 0 aromatic heterocycles. The second kappa shape index (κ2) is 5.07. The summed E-state index contributed by atoms with van der Waals surface area (Å²) in [6.45, 7) is 0. The summed E-state index contributed by atoms with van der Waals surface area (Å²) >= 11 is 5.57. The highest BCUT2D eigenvalue weighted by Crippen LogP contribution is 2.21. The van der Waals surface area contributed by atoms with E-state index in [1.54, 1.807) is 0 Å². The maximum Gasteiger partial charge on any atom is 0.193 e. The molecule has 1 aliphatic rings. The van der Waals surface area contributed by atoms with Gasteiger partial charge in [0.05, 0.1) is 23.4 Å². The Morgan fingerprint density at radius 2 is 2.22 bits per heavy atom. The molecule has 1 heterocycles. The normalized spacial score (nSPS) is 18.4. The molecule has 0 amide bonds. The lowest BCUT2D eigenvalue weighted by molar-refractivity contribution is -0.113. The standard InChI is InChI=1S/C12H7ClFN3O/c13-4-11-12(18)10(6-16-17-11)8-1-7(5-15)2-9(14)3-8/h1-3,6,10H,4H2. The number of ketones is 1. The molecular formula is C12H7ClFN3O. The lowest BCUT2D eigenvalue weighted by Gasteiger charge is -2.14. The van der Waals surface area contributed by atoms with E-state index in [0.717, 1.165) is 6.07 Å². The fraction of sp³-hybridized carbons (Fsp3) is 0.167. The molecule has 90 valence electrons. The zero-order valence-electron chi connectivity index (χ0n) is 9.10. The van der Waals surface area contributed by atoms with Gasteiger partial charge in [0.15, 0.2) is 5.78 Å². The monoisotopic (exact) mass is 263 g/mol. The lowest BCUT2D eigenvalue weighted by Crippen LogP contribution is -2.27. The van der Waals surface area contributed by atoms with Gasteiger partial charge in [-0.05, 0) is 23.8 Å². The zero-order chi connectivity index (χ0) is 13.1. The van der Waals surface area contributed by atoms with Gasteiger partial charge in [0, 0.05) is 6.21 Å². The summed E-state index contributed by atoms with van der Waals surface area (Å²) in [5, 5.41) is 16.1. The SMILES string of the molecule is N#Cc1cc(F)cc(C2C=NN=C(CCl)C2=O)c1. The van der Waals surface area contributed by atoms with Gasteiger partial charge < -0.3 is 0 Å². The van der Waals surface area contributed by atoms with E-state index in [1.165, 1.54) is 18.3 Å². The number of hydrogen-bond donors (Lipinski definition) is 0. The van der Waals surface area contributed by atoms with E-state index in [2.05, 4.69) is 10.2 Å². The van der Waals surface area contributed by atoms with Crippen LogP contribution in [-0.2, 0) is 4.79 Å². The Hall–Kier alpha value is -2.06. The minimum atomic E-state index is -0.737. The van der Waals surface area contributed by atoms with E-state index in [0.29, 0.717) is 5.56 Å². The average molecular weight is 264 g/mol. The van der Waals surface area contributed by atoms with Crippen LogP contribution in [0.3, 0.4) is 0 Å². The molecule has 0 saturated carbocycles. The maximum atomic E-state index is 13.3. The van der Waals surface area contributed by atoms with E-state index in [-0.39, 0.29) is 22.9 Å². The Bertz CT molecular complexity index is 604. The van der Waals surface area contributed by atoms with Gasteiger partial charge in [0.1, 0.15) is 11.5 Å². The smallest absolute Gasteiger partial charge is 0.193 e. The van der Waals surface area contributed by atoms with Crippen molar-refractivity contribution in [2.75, 3.05) is 5.88 Å². The zero-order valence-corrected chi connectivity index (χ0v) is 9.86. The van der Waals surface area contributed by atoms with Gasteiger partial charge in [-0.3, -0.25) is 4.79 Å². The number of nitrogens with zero attached hydrogens (tertiary/aromatic N) is 3. The Kier molecular flexibility index (Phi) is 3.49. The molecule has 2 rings (SSSR count). The van der Waals surface area contributed by atoms with Gasteiger partial charge in [-0.15, -0.1) is 11.6 Å². The van der Waals surface area contributed by atoms with Crippen molar-refractivity contribution in [3.63, 3.8) is 0 Å². The van der Waals surface area contributed by atoms with Crippen LogP contribution in [0.5, 0.6) is 0 Å².